The number of aliphatic carboxylic acids is 1. The smallest absolute Gasteiger partial charge is 0.303 e. The third-order valence-electron chi connectivity index (χ3n) is 3.32. The zero-order chi connectivity index (χ0) is 15.9. The second kappa shape index (κ2) is 8.11. The van der Waals surface area contributed by atoms with Gasteiger partial charge in [-0.05, 0) is 30.0 Å². The van der Waals surface area contributed by atoms with Crippen molar-refractivity contribution < 1.29 is 9.90 Å². The van der Waals surface area contributed by atoms with Crippen LogP contribution in [-0.4, -0.2) is 15.3 Å². The van der Waals surface area contributed by atoms with Crippen molar-refractivity contribution >= 4 is 34.1 Å². The van der Waals surface area contributed by atoms with Gasteiger partial charge in [-0.2, -0.15) is 0 Å². The molecule has 2 aromatic carbocycles. The van der Waals surface area contributed by atoms with E-state index in [4.69, 9.17) is 17.3 Å². The van der Waals surface area contributed by atoms with Crippen LogP contribution in [0.4, 0.5) is 0 Å². The van der Waals surface area contributed by atoms with Gasteiger partial charge in [0.2, 0.25) is 0 Å². The number of carboxylic acids is 1. The van der Waals surface area contributed by atoms with Gasteiger partial charge in [0.15, 0.2) is 0 Å². The van der Waals surface area contributed by atoms with Crippen molar-refractivity contribution in [2.45, 2.75) is 25.0 Å². The van der Waals surface area contributed by atoms with Gasteiger partial charge in [-0.3, -0.25) is 4.79 Å². The first-order chi connectivity index (χ1) is 10.6. The van der Waals surface area contributed by atoms with Gasteiger partial charge in [-0.25, -0.2) is 0 Å². The van der Waals surface area contributed by atoms with E-state index in [1.807, 2.05) is 25.1 Å². The summed E-state index contributed by atoms with van der Waals surface area (Å²) in [7, 11) is 0. The van der Waals surface area contributed by atoms with Crippen molar-refractivity contribution in [1.29, 1.82) is 0 Å². The highest BCUT2D eigenvalue weighted by molar-refractivity contribution is 8.23. The Morgan fingerprint density at radius 1 is 1.09 bits per heavy atom. The summed E-state index contributed by atoms with van der Waals surface area (Å²) in [5, 5.41) is 8.99. The molecule has 0 heterocycles. The Bertz CT molecular complexity index is 636. The highest BCUT2D eigenvalue weighted by atomic mass is 32.2. The molecule has 114 valence electrons. The quantitative estimate of drug-likeness (QED) is 0.725. The maximum absolute atomic E-state index is 10.8. The van der Waals surface area contributed by atoms with E-state index in [0.29, 0.717) is 6.42 Å². The van der Waals surface area contributed by atoms with Crippen LogP contribution >= 0.6 is 24.0 Å². The fraction of sp³-hybridized carbons (Fsp3) is 0.222. The average Bonchev–Trinajstić information content (AvgIpc) is 2.52. The van der Waals surface area contributed by atoms with Crippen LogP contribution in [0.2, 0.25) is 0 Å². The van der Waals surface area contributed by atoms with Crippen LogP contribution in [0.5, 0.6) is 0 Å². The van der Waals surface area contributed by atoms with Crippen LogP contribution in [0.15, 0.2) is 54.6 Å². The SMILES string of the molecule is CC(=S)SC(CCC(=O)O)c1ccc(-c2ccccc2)cc1. The molecular formula is C18H18O2S2. The Hall–Kier alpha value is -1.65. The molecular weight excluding hydrogens is 312 g/mol. The molecule has 0 saturated carbocycles. The van der Waals surface area contributed by atoms with Gasteiger partial charge < -0.3 is 5.11 Å². The van der Waals surface area contributed by atoms with Crippen molar-refractivity contribution in [3.05, 3.63) is 60.2 Å². The Morgan fingerprint density at radius 3 is 2.23 bits per heavy atom. The molecule has 0 amide bonds. The van der Waals surface area contributed by atoms with E-state index in [0.717, 1.165) is 15.3 Å². The number of hydrogen-bond donors (Lipinski definition) is 1. The number of carbonyl (C=O) groups is 1. The number of hydrogen-bond acceptors (Lipinski definition) is 3. The first-order valence-corrected chi connectivity index (χ1v) is 8.39. The fourth-order valence-corrected chi connectivity index (χ4v) is 3.55. The molecule has 2 aromatic rings. The van der Waals surface area contributed by atoms with Crippen LogP contribution in [0.3, 0.4) is 0 Å². The minimum absolute atomic E-state index is 0.0958. The molecule has 1 atom stereocenters. The van der Waals surface area contributed by atoms with Crippen LogP contribution in [0.25, 0.3) is 11.1 Å². The van der Waals surface area contributed by atoms with Crippen molar-refractivity contribution in [3.63, 3.8) is 0 Å². The first kappa shape index (κ1) is 16.7. The van der Waals surface area contributed by atoms with Crippen molar-refractivity contribution in [3.8, 4) is 11.1 Å². The number of thiocarbonyl (C=S) groups is 1. The summed E-state index contributed by atoms with van der Waals surface area (Å²) in [6.45, 7) is 1.88. The lowest BCUT2D eigenvalue weighted by Gasteiger charge is -2.16. The number of benzene rings is 2. The largest absolute Gasteiger partial charge is 0.481 e. The second-order valence-corrected chi connectivity index (χ2v) is 7.31. The third-order valence-corrected chi connectivity index (χ3v) is 4.73. The Balaban J connectivity index is 2.17. The minimum atomic E-state index is -0.770. The maximum Gasteiger partial charge on any atom is 0.303 e. The second-order valence-electron chi connectivity index (χ2n) is 5.02. The molecule has 1 unspecified atom stereocenters. The first-order valence-electron chi connectivity index (χ1n) is 7.10. The van der Waals surface area contributed by atoms with Crippen LogP contribution < -0.4 is 0 Å². The van der Waals surface area contributed by atoms with Gasteiger partial charge in [0, 0.05) is 15.9 Å². The van der Waals surface area contributed by atoms with Gasteiger partial charge in [-0.1, -0.05) is 66.8 Å². The summed E-state index contributed by atoms with van der Waals surface area (Å²) >= 11 is 6.73. The topological polar surface area (TPSA) is 37.3 Å². The predicted octanol–water partition coefficient (Wildman–Crippen LogP) is 5.34. The number of carboxylic acid groups (broad SMARTS) is 1. The number of rotatable bonds is 6. The van der Waals surface area contributed by atoms with Gasteiger partial charge in [0.05, 0.1) is 0 Å². The fourth-order valence-electron chi connectivity index (χ4n) is 2.27. The van der Waals surface area contributed by atoms with Crippen molar-refractivity contribution in [1.82, 2.24) is 0 Å². The molecule has 0 aliphatic carbocycles. The van der Waals surface area contributed by atoms with E-state index >= 15 is 0 Å². The Kier molecular flexibility index (Phi) is 6.16. The summed E-state index contributed by atoms with van der Waals surface area (Å²) in [6.07, 6.45) is 0.735. The van der Waals surface area contributed by atoms with E-state index in [1.165, 1.54) is 5.56 Å². The van der Waals surface area contributed by atoms with Crippen molar-refractivity contribution in [2.75, 3.05) is 0 Å². The Morgan fingerprint density at radius 2 is 1.68 bits per heavy atom. The van der Waals surface area contributed by atoms with E-state index in [9.17, 15) is 4.79 Å². The average molecular weight is 330 g/mol. The van der Waals surface area contributed by atoms with Crippen LogP contribution in [0, 0.1) is 0 Å². The molecule has 0 saturated heterocycles. The van der Waals surface area contributed by atoms with E-state index in [-0.39, 0.29) is 11.7 Å². The predicted molar refractivity (Wildman–Crippen MR) is 97.4 cm³/mol. The van der Waals surface area contributed by atoms with Crippen molar-refractivity contribution in [2.24, 2.45) is 0 Å². The zero-order valence-corrected chi connectivity index (χ0v) is 14.0. The van der Waals surface area contributed by atoms with E-state index < -0.39 is 5.97 Å². The normalized spacial score (nSPS) is 11.9. The van der Waals surface area contributed by atoms with Crippen LogP contribution in [-0.2, 0) is 4.79 Å². The van der Waals surface area contributed by atoms with Gasteiger partial charge >= 0.3 is 5.97 Å². The van der Waals surface area contributed by atoms with Gasteiger partial charge in [-0.15, -0.1) is 11.8 Å². The highest BCUT2D eigenvalue weighted by Gasteiger charge is 2.15. The lowest BCUT2D eigenvalue weighted by molar-refractivity contribution is -0.137. The molecule has 22 heavy (non-hydrogen) atoms. The molecule has 0 aliphatic rings. The highest BCUT2D eigenvalue weighted by Crippen LogP contribution is 2.35. The lowest BCUT2D eigenvalue weighted by Crippen LogP contribution is -2.02. The molecule has 0 aromatic heterocycles. The molecule has 0 bridgehead atoms. The summed E-state index contributed by atoms with van der Waals surface area (Å²) < 4.78 is 0.836. The molecule has 4 heteroatoms. The zero-order valence-electron chi connectivity index (χ0n) is 12.4. The minimum Gasteiger partial charge on any atom is -0.481 e. The summed E-state index contributed by atoms with van der Waals surface area (Å²) in [5.41, 5.74) is 3.45. The summed E-state index contributed by atoms with van der Waals surface area (Å²) in [5.74, 6) is -0.770. The number of thioether (sulfide) groups is 1. The van der Waals surface area contributed by atoms with E-state index in [2.05, 4.69) is 36.4 Å². The Labute approximate surface area is 140 Å². The maximum atomic E-state index is 10.8. The van der Waals surface area contributed by atoms with Gasteiger partial charge in [0.1, 0.15) is 0 Å². The van der Waals surface area contributed by atoms with Gasteiger partial charge in [0.25, 0.3) is 0 Å². The standard InChI is InChI=1S/C18H18O2S2/c1-13(21)22-17(11-12-18(19)20)16-9-7-15(8-10-16)14-5-3-2-4-6-14/h2-10,17H,11-12H2,1H3,(H,19,20). The molecule has 0 radical (unpaired) electrons. The van der Waals surface area contributed by atoms with Crippen LogP contribution in [0.1, 0.15) is 30.6 Å². The summed E-state index contributed by atoms with van der Waals surface area (Å²) in [6, 6.07) is 18.5. The molecule has 2 nitrogen and oxygen atoms in total. The third kappa shape index (κ3) is 4.97. The monoisotopic (exact) mass is 330 g/mol. The molecule has 1 N–H and O–H groups in total. The van der Waals surface area contributed by atoms with E-state index in [1.54, 1.807) is 11.8 Å². The molecule has 0 aliphatic heterocycles. The molecule has 2 rings (SSSR count). The lowest BCUT2D eigenvalue weighted by atomic mass is 10.0. The summed E-state index contributed by atoms with van der Waals surface area (Å²) in [4.78, 5) is 10.8. The molecule has 0 spiro atoms. The molecule has 0 fully saturated rings.